The van der Waals surface area contributed by atoms with Gasteiger partial charge in [0.25, 0.3) is 0 Å². The normalized spacial score (nSPS) is 15.9. The minimum Gasteiger partial charge on any atom is -0.497 e. The molecule has 1 amide bonds. The number of nitrogens with zero attached hydrogens (tertiary/aromatic N) is 3. The van der Waals surface area contributed by atoms with Gasteiger partial charge in [-0.15, -0.1) is 0 Å². The molecule has 0 saturated carbocycles. The van der Waals surface area contributed by atoms with Crippen molar-refractivity contribution in [2.45, 2.75) is 32.9 Å². The summed E-state index contributed by atoms with van der Waals surface area (Å²) in [6.07, 6.45) is -0.277. The van der Waals surface area contributed by atoms with E-state index in [1.54, 1.807) is 12.0 Å². The van der Waals surface area contributed by atoms with Crippen molar-refractivity contribution in [2.75, 3.05) is 33.3 Å². The van der Waals surface area contributed by atoms with E-state index >= 15 is 0 Å². The summed E-state index contributed by atoms with van der Waals surface area (Å²) < 4.78 is 10.5. The maximum atomic E-state index is 12.1. The van der Waals surface area contributed by atoms with Gasteiger partial charge in [0.1, 0.15) is 11.4 Å². The monoisotopic (exact) mass is 348 g/mol. The molecule has 7 heteroatoms. The molecule has 0 spiro atoms. The summed E-state index contributed by atoms with van der Waals surface area (Å²) >= 11 is 0. The number of benzene rings is 1. The van der Waals surface area contributed by atoms with Gasteiger partial charge in [0.2, 0.25) is 0 Å². The molecule has 1 fully saturated rings. The second kappa shape index (κ2) is 8.09. The molecule has 7 nitrogen and oxygen atoms in total. The molecule has 0 atom stereocenters. The minimum absolute atomic E-state index is 0.277. The van der Waals surface area contributed by atoms with Gasteiger partial charge in [-0.2, -0.15) is 0 Å². The first-order chi connectivity index (χ1) is 11.8. The lowest BCUT2D eigenvalue weighted by Gasteiger charge is -2.36. The first-order valence-electron chi connectivity index (χ1n) is 8.44. The van der Waals surface area contributed by atoms with Crippen molar-refractivity contribution in [1.82, 2.24) is 9.80 Å². The van der Waals surface area contributed by atoms with Crippen LogP contribution in [0.3, 0.4) is 0 Å². The largest absolute Gasteiger partial charge is 0.497 e. The maximum Gasteiger partial charge on any atom is 0.410 e. The van der Waals surface area contributed by atoms with E-state index < -0.39 is 5.60 Å². The van der Waals surface area contributed by atoms with E-state index in [-0.39, 0.29) is 6.09 Å². The number of nitrogens with two attached hydrogens (primary N) is 1. The van der Waals surface area contributed by atoms with Crippen LogP contribution in [0.15, 0.2) is 29.3 Å². The Labute approximate surface area is 149 Å². The van der Waals surface area contributed by atoms with Gasteiger partial charge >= 0.3 is 6.09 Å². The minimum atomic E-state index is -0.479. The smallest absolute Gasteiger partial charge is 0.410 e. The number of ether oxygens (including phenoxy) is 2. The summed E-state index contributed by atoms with van der Waals surface area (Å²) in [7, 11) is 1.64. The van der Waals surface area contributed by atoms with Crippen LogP contribution in [0, 0.1) is 0 Å². The molecule has 0 radical (unpaired) electrons. The van der Waals surface area contributed by atoms with Crippen LogP contribution in [0.5, 0.6) is 5.75 Å². The Bertz CT molecular complexity index is 600. The average Bonchev–Trinajstić information content (AvgIpc) is 2.58. The molecule has 2 rings (SSSR count). The molecule has 25 heavy (non-hydrogen) atoms. The number of rotatable bonds is 3. The molecule has 1 aromatic carbocycles. The van der Waals surface area contributed by atoms with Crippen molar-refractivity contribution in [3.8, 4) is 5.75 Å². The molecule has 0 aliphatic carbocycles. The van der Waals surface area contributed by atoms with E-state index in [4.69, 9.17) is 15.2 Å². The van der Waals surface area contributed by atoms with Gasteiger partial charge in [0.15, 0.2) is 5.96 Å². The van der Waals surface area contributed by atoms with Crippen LogP contribution in [0.2, 0.25) is 0 Å². The van der Waals surface area contributed by atoms with Crippen LogP contribution >= 0.6 is 0 Å². The summed E-state index contributed by atoms with van der Waals surface area (Å²) in [4.78, 5) is 20.2. The highest BCUT2D eigenvalue weighted by atomic mass is 16.6. The molecule has 1 aliphatic rings. The van der Waals surface area contributed by atoms with E-state index in [2.05, 4.69) is 4.99 Å². The predicted octanol–water partition coefficient (Wildman–Crippen LogP) is 2.06. The van der Waals surface area contributed by atoms with Crippen molar-refractivity contribution in [2.24, 2.45) is 10.7 Å². The van der Waals surface area contributed by atoms with E-state index in [1.807, 2.05) is 49.9 Å². The number of carbonyl (C=O) groups is 1. The Morgan fingerprint density at radius 2 is 1.68 bits per heavy atom. The molecule has 0 bridgehead atoms. The van der Waals surface area contributed by atoms with Gasteiger partial charge in [-0.25, -0.2) is 9.79 Å². The predicted molar refractivity (Wildman–Crippen MR) is 97.7 cm³/mol. The number of amides is 1. The Balaban J connectivity index is 1.83. The lowest BCUT2D eigenvalue weighted by atomic mass is 10.2. The van der Waals surface area contributed by atoms with Crippen LogP contribution in [0.4, 0.5) is 4.79 Å². The fraction of sp³-hybridized carbons (Fsp3) is 0.556. The topological polar surface area (TPSA) is 80.4 Å². The molecule has 2 N–H and O–H groups in total. The lowest BCUT2D eigenvalue weighted by Crippen LogP contribution is -2.53. The van der Waals surface area contributed by atoms with E-state index in [1.165, 1.54) is 0 Å². The highest BCUT2D eigenvalue weighted by molar-refractivity contribution is 5.78. The standard InChI is InChI=1S/C18H28N4O3/c1-18(2,3)25-17(23)22-11-9-21(10-12-22)16(19)20-13-14-5-7-15(24-4)8-6-14/h5-8H,9-13H2,1-4H3,(H2,19,20). The number of carbonyl (C=O) groups excluding carboxylic acids is 1. The number of aliphatic imine (C=N–C) groups is 1. The first-order valence-corrected chi connectivity index (χ1v) is 8.44. The number of guanidine groups is 1. The zero-order valence-electron chi connectivity index (χ0n) is 15.5. The van der Waals surface area contributed by atoms with Crippen molar-refractivity contribution in [3.05, 3.63) is 29.8 Å². The van der Waals surface area contributed by atoms with Gasteiger partial charge in [-0.1, -0.05) is 12.1 Å². The molecular formula is C18H28N4O3. The fourth-order valence-electron chi connectivity index (χ4n) is 2.45. The summed E-state index contributed by atoms with van der Waals surface area (Å²) in [5, 5.41) is 0. The van der Waals surface area contributed by atoms with Gasteiger partial charge < -0.3 is 25.0 Å². The van der Waals surface area contributed by atoms with Crippen LogP contribution in [-0.4, -0.2) is 60.7 Å². The van der Waals surface area contributed by atoms with Crippen LogP contribution < -0.4 is 10.5 Å². The molecular weight excluding hydrogens is 320 g/mol. The zero-order chi connectivity index (χ0) is 18.4. The second-order valence-corrected chi connectivity index (χ2v) is 6.98. The van der Waals surface area contributed by atoms with Gasteiger partial charge in [0, 0.05) is 26.2 Å². The Kier molecular flexibility index (Phi) is 6.12. The fourth-order valence-corrected chi connectivity index (χ4v) is 2.45. The second-order valence-electron chi connectivity index (χ2n) is 6.98. The van der Waals surface area contributed by atoms with E-state index in [0.717, 1.165) is 11.3 Å². The number of hydrogen-bond donors (Lipinski definition) is 1. The third kappa shape index (κ3) is 5.85. The van der Waals surface area contributed by atoms with Crippen LogP contribution in [0.25, 0.3) is 0 Å². The summed E-state index contributed by atoms with van der Waals surface area (Å²) in [5.74, 6) is 1.32. The van der Waals surface area contributed by atoms with Gasteiger partial charge in [-0.05, 0) is 38.5 Å². The third-order valence-electron chi connectivity index (χ3n) is 3.84. The number of methoxy groups -OCH3 is 1. The molecule has 1 heterocycles. The van der Waals surface area contributed by atoms with Gasteiger partial charge in [0.05, 0.1) is 13.7 Å². The lowest BCUT2D eigenvalue weighted by molar-refractivity contribution is 0.0186. The van der Waals surface area contributed by atoms with Crippen molar-refractivity contribution >= 4 is 12.1 Å². The van der Waals surface area contributed by atoms with Crippen molar-refractivity contribution < 1.29 is 14.3 Å². The molecule has 0 aromatic heterocycles. The van der Waals surface area contributed by atoms with Crippen molar-refractivity contribution in [1.29, 1.82) is 0 Å². The summed E-state index contributed by atoms with van der Waals surface area (Å²) in [6.45, 7) is 8.57. The maximum absolute atomic E-state index is 12.1. The summed E-state index contributed by atoms with van der Waals surface area (Å²) in [5.41, 5.74) is 6.68. The van der Waals surface area contributed by atoms with Crippen LogP contribution in [0.1, 0.15) is 26.3 Å². The Morgan fingerprint density at radius 3 is 2.20 bits per heavy atom. The average molecular weight is 348 g/mol. The Morgan fingerprint density at radius 1 is 1.12 bits per heavy atom. The van der Waals surface area contributed by atoms with Gasteiger partial charge in [-0.3, -0.25) is 0 Å². The molecule has 0 unspecified atom stereocenters. The van der Waals surface area contributed by atoms with E-state index in [9.17, 15) is 4.79 Å². The van der Waals surface area contributed by atoms with E-state index in [0.29, 0.717) is 38.7 Å². The molecule has 1 aliphatic heterocycles. The third-order valence-corrected chi connectivity index (χ3v) is 3.84. The highest BCUT2D eigenvalue weighted by Crippen LogP contribution is 2.13. The number of piperazine rings is 1. The Hall–Kier alpha value is -2.44. The quantitative estimate of drug-likeness (QED) is 0.668. The summed E-state index contributed by atoms with van der Waals surface area (Å²) in [6, 6.07) is 7.74. The zero-order valence-corrected chi connectivity index (χ0v) is 15.5. The van der Waals surface area contributed by atoms with Crippen LogP contribution in [-0.2, 0) is 11.3 Å². The number of hydrogen-bond acceptors (Lipinski definition) is 4. The van der Waals surface area contributed by atoms with Crippen molar-refractivity contribution in [3.63, 3.8) is 0 Å². The molecule has 1 aromatic rings. The first kappa shape index (κ1) is 18.9. The molecule has 1 saturated heterocycles. The highest BCUT2D eigenvalue weighted by Gasteiger charge is 2.26. The molecule has 138 valence electrons. The SMILES string of the molecule is COc1ccc(CN=C(N)N2CCN(C(=O)OC(C)(C)C)CC2)cc1.